The van der Waals surface area contributed by atoms with Crippen molar-refractivity contribution in [3.8, 4) is 0 Å². The Morgan fingerprint density at radius 3 is 2.38 bits per heavy atom. The summed E-state index contributed by atoms with van der Waals surface area (Å²) in [5, 5.41) is 10.4. The summed E-state index contributed by atoms with van der Waals surface area (Å²) in [6, 6.07) is 0. The highest BCUT2D eigenvalue weighted by atomic mass is 28.4. The smallest absolute Gasteiger partial charge is 0.191 e. The van der Waals surface area contributed by atoms with E-state index in [0.29, 0.717) is 11.0 Å². The predicted octanol–water partition coefficient (Wildman–Crippen LogP) is 5.29. The van der Waals surface area contributed by atoms with Crippen LogP contribution in [0.1, 0.15) is 65.7 Å². The van der Waals surface area contributed by atoms with E-state index in [1.54, 1.807) is 0 Å². The molecule has 0 aromatic carbocycles. The van der Waals surface area contributed by atoms with Crippen molar-refractivity contribution in [1.82, 2.24) is 0 Å². The van der Waals surface area contributed by atoms with Crippen LogP contribution in [0.3, 0.4) is 0 Å². The molecule has 21 heavy (non-hydrogen) atoms. The first-order chi connectivity index (χ1) is 9.74. The maximum absolute atomic E-state index is 10.2. The van der Waals surface area contributed by atoms with Gasteiger partial charge in [0.1, 0.15) is 0 Å². The van der Waals surface area contributed by atoms with Crippen molar-refractivity contribution in [3.63, 3.8) is 0 Å². The molecule has 0 aromatic rings. The first-order valence-corrected chi connectivity index (χ1v) is 11.6. The number of hydrogen-bond donors (Lipinski definition) is 1. The molecule has 1 aliphatic rings. The molecule has 3 heteroatoms. The van der Waals surface area contributed by atoms with Gasteiger partial charge in [0.2, 0.25) is 0 Å². The Bertz CT molecular complexity index is 312. The zero-order valence-corrected chi connectivity index (χ0v) is 15.8. The maximum atomic E-state index is 10.2. The molecule has 124 valence electrons. The fourth-order valence-electron chi connectivity index (χ4n) is 2.61. The lowest BCUT2D eigenvalue weighted by Gasteiger charge is -2.36. The lowest BCUT2D eigenvalue weighted by Crippen LogP contribution is -2.40. The van der Waals surface area contributed by atoms with Crippen LogP contribution in [0.5, 0.6) is 0 Å². The molecule has 0 saturated heterocycles. The Hall–Kier alpha value is -0.123. The topological polar surface area (TPSA) is 29.5 Å². The molecule has 1 aliphatic carbocycles. The van der Waals surface area contributed by atoms with Crippen molar-refractivity contribution in [3.05, 3.63) is 12.2 Å². The largest absolute Gasteiger partial charge is 0.417 e. The minimum Gasteiger partial charge on any atom is -0.417 e. The fraction of sp³-hybridized carbons (Fsp3) is 0.889. The molecule has 2 nitrogen and oxygen atoms in total. The van der Waals surface area contributed by atoms with Crippen LogP contribution < -0.4 is 0 Å². The zero-order chi connectivity index (χ0) is 15.9. The van der Waals surface area contributed by atoms with Gasteiger partial charge >= 0.3 is 0 Å². The van der Waals surface area contributed by atoms with Crippen LogP contribution in [-0.2, 0) is 4.43 Å². The van der Waals surface area contributed by atoms with E-state index in [1.807, 2.05) is 6.08 Å². The van der Waals surface area contributed by atoms with Crippen molar-refractivity contribution in [1.29, 1.82) is 0 Å². The maximum Gasteiger partial charge on any atom is 0.191 e. The average Bonchev–Trinajstić information content (AvgIpc) is 2.42. The van der Waals surface area contributed by atoms with E-state index in [1.165, 1.54) is 32.1 Å². The summed E-state index contributed by atoms with van der Waals surface area (Å²) in [7, 11) is -1.59. The Kier molecular flexibility index (Phi) is 7.65. The fourth-order valence-corrected chi connectivity index (χ4v) is 3.70. The zero-order valence-electron chi connectivity index (χ0n) is 14.8. The van der Waals surface area contributed by atoms with Crippen molar-refractivity contribution >= 4 is 8.32 Å². The number of aliphatic hydroxyl groups is 1. The minimum absolute atomic E-state index is 0.230. The van der Waals surface area contributed by atoms with E-state index < -0.39 is 8.32 Å². The van der Waals surface area contributed by atoms with E-state index in [4.69, 9.17) is 4.43 Å². The van der Waals surface area contributed by atoms with Gasteiger partial charge in [-0.3, -0.25) is 0 Å². The summed E-state index contributed by atoms with van der Waals surface area (Å²) >= 11 is 0. The van der Waals surface area contributed by atoms with E-state index in [0.717, 1.165) is 19.4 Å². The molecule has 0 radical (unpaired) electrons. The lowest BCUT2D eigenvalue weighted by atomic mass is 9.85. The van der Waals surface area contributed by atoms with Crippen LogP contribution in [-0.4, -0.2) is 26.1 Å². The van der Waals surface area contributed by atoms with Gasteiger partial charge in [-0.2, -0.15) is 0 Å². The summed E-state index contributed by atoms with van der Waals surface area (Å²) in [6.07, 6.45) is 12.3. The standard InChI is InChI=1S/C18H36O2Si/c1-18(2,3)21(4,5)20-15-11-7-10-14-17(19)16-12-8-6-9-13-16/h10,14,16-17,19H,6-9,11-13,15H2,1-5H3/b14-10-. The molecule has 0 aromatic heterocycles. The Balaban J connectivity index is 2.17. The minimum atomic E-state index is -1.59. The summed E-state index contributed by atoms with van der Waals surface area (Å²) in [5.74, 6) is 0.499. The van der Waals surface area contributed by atoms with Gasteiger partial charge in [-0.15, -0.1) is 0 Å². The van der Waals surface area contributed by atoms with Crippen LogP contribution in [0.15, 0.2) is 12.2 Å². The predicted molar refractivity (Wildman–Crippen MR) is 94.1 cm³/mol. The highest BCUT2D eigenvalue weighted by Crippen LogP contribution is 2.36. The van der Waals surface area contributed by atoms with E-state index >= 15 is 0 Å². The van der Waals surface area contributed by atoms with Crippen molar-refractivity contribution < 1.29 is 9.53 Å². The van der Waals surface area contributed by atoms with E-state index in [2.05, 4.69) is 39.9 Å². The van der Waals surface area contributed by atoms with Gasteiger partial charge in [-0.05, 0) is 49.7 Å². The van der Waals surface area contributed by atoms with Gasteiger partial charge in [-0.25, -0.2) is 0 Å². The van der Waals surface area contributed by atoms with Crippen LogP contribution in [0.4, 0.5) is 0 Å². The molecule has 1 atom stereocenters. The molecule has 0 bridgehead atoms. The third-order valence-corrected chi connectivity index (χ3v) is 9.79. The van der Waals surface area contributed by atoms with Gasteiger partial charge in [0.15, 0.2) is 8.32 Å². The van der Waals surface area contributed by atoms with E-state index in [-0.39, 0.29) is 6.10 Å². The second-order valence-corrected chi connectivity index (χ2v) is 12.9. The highest BCUT2D eigenvalue weighted by molar-refractivity contribution is 6.74. The number of hydrogen-bond acceptors (Lipinski definition) is 2. The van der Waals surface area contributed by atoms with Gasteiger partial charge in [0.25, 0.3) is 0 Å². The number of allylic oxidation sites excluding steroid dienone is 1. The molecule has 1 fully saturated rings. The molecule has 1 N–H and O–H groups in total. The van der Waals surface area contributed by atoms with Crippen molar-refractivity contribution in [2.75, 3.05) is 6.61 Å². The highest BCUT2D eigenvalue weighted by Gasteiger charge is 2.36. The van der Waals surface area contributed by atoms with Gasteiger partial charge in [0, 0.05) is 6.61 Å². The number of unbranched alkanes of at least 4 members (excludes halogenated alkanes) is 1. The van der Waals surface area contributed by atoms with Gasteiger partial charge < -0.3 is 9.53 Å². The second kappa shape index (κ2) is 8.49. The molecular weight excluding hydrogens is 276 g/mol. The third kappa shape index (κ3) is 6.66. The van der Waals surface area contributed by atoms with Crippen LogP contribution in [0.25, 0.3) is 0 Å². The Morgan fingerprint density at radius 1 is 1.19 bits per heavy atom. The van der Waals surface area contributed by atoms with Crippen molar-refractivity contribution in [2.24, 2.45) is 5.92 Å². The lowest BCUT2D eigenvalue weighted by molar-refractivity contribution is 0.125. The molecule has 0 amide bonds. The summed E-state index contributed by atoms with van der Waals surface area (Å²) in [6.45, 7) is 12.3. The number of aliphatic hydroxyl groups excluding tert-OH is 1. The van der Waals surface area contributed by atoms with Gasteiger partial charge in [0.05, 0.1) is 6.10 Å². The quantitative estimate of drug-likeness (QED) is 0.393. The Morgan fingerprint density at radius 2 is 1.81 bits per heavy atom. The number of rotatable bonds is 7. The van der Waals surface area contributed by atoms with Crippen LogP contribution in [0.2, 0.25) is 18.1 Å². The average molecular weight is 313 g/mol. The molecular formula is C18H36O2Si. The van der Waals surface area contributed by atoms with Crippen molar-refractivity contribution in [2.45, 2.75) is 90.0 Å². The third-order valence-electron chi connectivity index (χ3n) is 5.25. The molecule has 1 saturated carbocycles. The van der Waals surface area contributed by atoms with E-state index in [9.17, 15) is 5.11 Å². The SMILES string of the molecule is CC(C)(C)[Si](C)(C)OCCC/C=C\C(O)C1CCCCC1. The summed E-state index contributed by atoms with van der Waals surface area (Å²) in [4.78, 5) is 0. The molecule has 1 rings (SSSR count). The summed E-state index contributed by atoms with van der Waals surface area (Å²) < 4.78 is 6.16. The van der Waals surface area contributed by atoms with Crippen LogP contribution in [0, 0.1) is 5.92 Å². The molecule has 0 aliphatic heterocycles. The summed E-state index contributed by atoms with van der Waals surface area (Å²) in [5.41, 5.74) is 0. The second-order valence-electron chi connectivity index (χ2n) is 8.07. The molecule has 1 unspecified atom stereocenters. The monoisotopic (exact) mass is 312 g/mol. The van der Waals surface area contributed by atoms with Gasteiger partial charge in [-0.1, -0.05) is 52.2 Å². The molecule has 0 spiro atoms. The first kappa shape index (κ1) is 18.9. The molecule has 0 heterocycles. The van der Waals surface area contributed by atoms with Crippen LogP contribution >= 0.6 is 0 Å². The first-order valence-electron chi connectivity index (χ1n) is 8.73. The Labute approximate surface area is 133 Å². The normalized spacial score (nSPS) is 20.1.